The van der Waals surface area contributed by atoms with E-state index < -0.39 is 11.6 Å². The van der Waals surface area contributed by atoms with Crippen molar-refractivity contribution in [1.82, 2.24) is 4.98 Å². The Morgan fingerprint density at radius 3 is 2.54 bits per heavy atom. The molecule has 0 amide bonds. The summed E-state index contributed by atoms with van der Waals surface area (Å²) in [4.78, 5) is 16.4. The predicted octanol–water partition coefficient (Wildman–Crippen LogP) is 4.31. The second-order valence-corrected chi connectivity index (χ2v) is 6.46. The van der Waals surface area contributed by atoms with Gasteiger partial charge in [0.2, 0.25) is 0 Å². The van der Waals surface area contributed by atoms with Gasteiger partial charge >= 0.3 is 5.97 Å². The van der Waals surface area contributed by atoms with Gasteiger partial charge in [-0.1, -0.05) is 18.2 Å². The first kappa shape index (κ1) is 17.4. The third kappa shape index (κ3) is 4.53. The molecular weight excluding hydrogens is 300 g/mol. The minimum Gasteiger partial charge on any atom is -0.456 e. The average molecular weight is 320 g/mol. The van der Waals surface area contributed by atoms with Gasteiger partial charge in [-0.15, -0.1) is 0 Å². The summed E-state index contributed by atoms with van der Waals surface area (Å²) in [5.74, 6) is -0.613. The zero-order valence-electron chi connectivity index (χ0n) is 14.3. The van der Waals surface area contributed by atoms with Gasteiger partial charge in [0, 0.05) is 11.8 Å². The van der Waals surface area contributed by atoms with E-state index in [0.717, 1.165) is 22.4 Å². The van der Waals surface area contributed by atoms with Crippen molar-refractivity contribution in [3.63, 3.8) is 0 Å². The van der Waals surface area contributed by atoms with E-state index in [1.165, 1.54) is 0 Å². The number of nitriles is 1. The number of aryl methyl sites for hydroxylation is 1. The highest BCUT2D eigenvalue weighted by atomic mass is 16.6. The lowest BCUT2D eigenvalue weighted by molar-refractivity contribution is -0.149. The van der Waals surface area contributed by atoms with Crippen LogP contribution in [0.1, 0.15) is 31.9 Å². The molecule has 0 spiro atoms. The Morgan fingerprint density at radius 2 is 2.00 bits per heavy atom. The van der Waals surface area contributed by atoms with Gasteiger partial charge in [-0.3, -0.25) is 4.98 Å². The molecule has 0 fully saturated rings. The Morgan fingerprint density at radius 1 is 1.25 bits per heavy atom. The van der Waals surface area contributed by atoms with Crippen LogP contribution < -0.4 is 0 Å². The maximum Gasteiger partial charge on any atom is 0.349 e. The molecule has 0 saturated heterocycles. The number of hydrogen-bond acceptors (Lipinski definition) is 4. The molecule has 0 radical (unpaired) electrons. The lowest BCUT2D eigenvalue weighted by atomic mass is 10.0. The van der Waals surface area contributed by atoms with Crippen LogP contribution in [0.5, 0.6) is 0 Å². The predicted molar refractivity (Wildman–Crippen MR) is 93.8 cm³/mol. The molecule has 1 aromatic heterocycles. The number of benzene rings is 1. The Balaban J connectivity index is 2.32. The van der Waals surface area contributed by atoms with Crippen molar-refractivity contribution in [2.45, 2.75) is 33.3 Å². The maximum absolute atomic E-state index is 12.1. The molecule has 0 aliphatic heterocycles. The van der Waals surface area contributed by atoms with Gasteiger partial charge in [0.05, 0.1) is 5.69 Å². The van der Waals surface area contributed by atoms with Gasteiger partial charge in [0.25, 0.3) is 0 Å². The van der Waals surface area contributed by atoms with Crippen LogP contribution in [0.3, 0.4) is 0 Å². The molecular formula is C20H20N2O2. The largest absolute Gasteiger partial charge is 0.456 e. The molecule has 2 aromatic rings. The van der Waals surface area contributed by atoms with E-state index in [9.17, 15) is 10.1 Å². The number of esters is 1. The number of ether oxygens (including phenoxy) is 1. The number of aromatic nitrogens is 1. The molecule has 24 heavy (non-hydrogen) atoms. The minimum absolute atomic E-state index is 0.0152. The quantitative estimate of drug-likeness (QED) is 0.480. The third-order valence-electron chi connectivity index (χ3n) is 3.27. The summed E-state index contributed by atoms with van der Waals surface area (Å²) in [5.41, 5.74) is 2.97. The zero-order chi connectivity index (χ0) is 17.7. The van der Waals surface area contributed by atoms with Crippen molar-refractivity contribution in [2.24, 2.45) is 0 Å². The SMILES string of the molecule is Cc1cc(-c2ccccn2)ccc1C=C(C#N)C(=O)OC(C)(C)C. The molecule has 0 saturated carbocycles. The Hall–Kier alpha value is -2.93. The standard InChI is InChI=1S/C20H20N2O2/c1-14-11-16(18-7-5-6-10-22-18)9-8-15(14)12-17(13-21)19(23)24-20(2,3)4/h5-12H,1-4H3. The van der Waals surface area contributed by atoms with Gasteiger partial charge in [-0.25, -0.2) is 4.79 Å². The zero-order valence-corrected chi connectivity index (χ0v) is 14.3. The molecule has 4 nitrogen and oxygen atoms in total. The summed E-state index contributed by atoms with van der Waals surface area (Å²) in [5, 5.41) is 9.25. The van der Waals surface area contributed by atoms with Crippen LogP contribution in [0.15, 0.2) is 48.2 Å². The normalized spacial score (nSPS) is 11.7. The molecule has 0 aliphatic carbocycles. The summed E-state index contributed by atoms with van der Waals surface area (Å²) >= 11 is 0. The minimum atomic E-state index is -0.634. The lowest BCUT2D eigenvalue weighted by Gasteiger charge is -2.19. The van der Waals surface area contributed by atoms with E-state index in [1.54, 1.807) is 33.0 Å². The highest BCUT2D eigenvalue weighted by Crippen LogP contribution is 2.22. The first-order valence-electron chi connectivity index (χ1n) is 7.67. The molecule has 2 rings (SSSR count). The van der Waals surface area contributed by atoms with E-state index in [1.807, 2.05) is 49.4 Å². The second kappa shape index (κ2) is 7.10. The van der Waals surface area contributed by atoms with Crippen LogP contribution in [0.2, 0.25) is 0 Å². The summed E-state index contributed by atoms with van der Waals surface area (Å²) in [6.45, 7) is 7.24. The number of nitrogens with zero attached hydrogens (tertiary/aromatic N) is 2. The monoisotopic (exact) mass is 320 g/mol. The number of rotatable bonds is 3. The van der Waals surface area contributed by atoms with Crippen LogP contribution in [0.25, 0.3) is 17.3 Å². The van der Waals surface area contributed by atoms with E-state index in [0.29, 0.717) is 0 Å². The molecule has 0 bridgehead atoms. The fourth-order valence-electron chi connectivity index (χ4n) is 2.16. The second-order valence-electron chi connectivity index (χ2n) is 6.46. The highest BCUT2D eigenvalue weighted by Gasteiger charge is 2.20. The number of carbonyl (C=O) groups is 1. The number of hydrogen-bond donors (Lipinski definition) is 0. The Labute approximate surface area is 142 Å². The molecule has 4 heteroatoms. The van der Waals surface area contributed by atoms with Crippen molar-refractivity contribution in [1.29, 1.82) is 5.26 Å². The molecule has 1 aromatic carbocycles. The van der Waals surface area contributed by atoms with Crippen molar-refractivity contribution in [3.8, 4) is 17.3 Å². The van der Waals surface area contributed by atoms with Gasteiger partial charge in [0.15, 0.2) is 0 Å². The highest BCUT2D eigenvalue weighted by molar-refractivity contribution is 5.98. The molecule has 0 N–H and O–H groups in total. The average Bonchev–Trinajstić information content (AvgIpc) is 2.52. The molecule has 0 atom stereocenters. The number of pyridine rings is 1. The third-order valence-corrected chi connectivity index (χ3v) is 3.27. The number of carbonyl (C=O) groups excluding carboxylic acids is 1. The molecule has 0 unspecified atom stereocenters. The van der Waals surface area contributed by atoms with Crippen LogP contribution in [0, 0.1) is 18.3 Å². The smallest absolute Gasteiger partial charge is 0.349 e. The van der Waals surface area contributed by atoms with Crippen molar-refractivity contribution >= 4 is 12.0 Å². The Bertz CT molecular complexity index is 810. The maximum atomic E-state index is 12.1. The van der Waals surface area contributed by atoms with E-state index in [4.69, 9.17) is 4.74 Å². The first-order valence-corrected chi connectivity index (χ1v) is 7.67. The summed E-state index contributed by atoms with van der Waals surface area (Å²) < 4.78 is 5.26. The van der Waals surface area contributed by atoms with Crippen LogP contribution in [-0.2, 0) is 9.53 Å². The van der Waals surface area contributed by atoms with Gasteiger partial charge in [0.1, 0.15) is 17.2 Å². The van der Waals surface area contributed by atoms with Crippen LogP contribution in [0.4, 0.5) is 0 Å². The topological polar surface area (TPSA) is 63.0 Å². The summed E-state index contributed by atoms with van der Waals surface area (Å²) in [6.07, 6.45) is 3.31. The first-order chi connectivity index (χ1) is 11.3. The molecule has 122 valence electrons. The molecule has 0 aliphatic rings. The van der Waals surface area contributed by atoms with E-state index in [2.05, 4.69) is 4.98 Å². The molecule has 1 heterocycles. The van der Waals surface area contributed by atoms with Crippen molar-refractivity contribution in [3.05, 3.63) is 59.3 Å². The fourth-order valence-corrected chi connectivity index (χ4v) is 2.16. The van der Waals surface area contributed by atoms with Crippen molar-refractivity contribution < 1.29 is 9.53 Å². The van der Waals surface area contributed by atoms with E-state index in [-0.39, 0.29) is 5.57 Å². The van der Waals surface area contributed by atoms with Crippen LogP contribution in [-0.4, -0.2) is 16.6 Å². The van der Waals surface area contributed by atoms with Gasteiger partial charge in [-0.2, -0.15) is 5.26 Å². The Kier molecular flexibility index (Phi) is 5.15. The van der Waals surface area contributed by atoms with Crippen LogP contribution >= 0.6 is 0 Å². The summed E-state index contributed by atoms with van der Waals surface area (Å²) in [6, 6.07) is 13.4. The summed E-state index contributed by atoms with van der Waals surface area (Å²) in [7, 11) is 0. The van der Waals surface area contributed by atoms with Gasteiger partial charge in [-0.05, 0) is 63.1 Å². The van der Waals surface area contributed by atoms with E-state index >= 15 is 0 Å². The lowest BCUT2D eigenvalue weighted by Crippen LogP contribution is -2.24. The fraction of sp³-hybridized carbons (Fsp3) is 0.250. The van der Waals surface area contributed by atoms with Gasteiger partial charge < -0.3 is 4.74 Å². The van der Waals surface area contributed by atoms with Crippen molar-refractivity contribution in [2.75, 3.05) is 0 Å².